The Balaban J connectivity index is 1.99. The first-order chi connectivity index (χ1) is 15.5. The number of carbonyl (C=O) groups excluding carboxylic acids is 1. The van der Waals surface area contributed by atoms with Crippen molar-refractivity contribution < 1.29 is 14.3 Å². The van der Waals surface area contributed by atoms with E-state index in [1.807, 2.05) is 36.4 Å². The van der Waals surface area contributed by atoms with Gasteiger partial charge in [-0.15, -0.1) is 0 Å². The van der Waals surface area contributed by atoms with Gasteiger partial charge in [-0.3, -0.25) is 9.36 Å². The van der Waals surface area contributed by atoms with E-state index in [0.29, 0.717) is 36.9 Å². The van der Waals surface area contributed by atoms with Crippen molar-refractivity contribution in [2.45, 2.75) is 19.9 Å². The molecule has 0 fully saturated rings. The third-order valence-electron chi connectivity index (χ3n) is 5.14. The van der Waals surface area contributed by atoms with Crippen LogP contribution in [0.25, 0.3) is 6.08 Å². The predicted octanol–water partition coefficient (Wildman–Crippen LogP) is 3.46. The molecular weight excluding hydrogens is 448 g/mol. The molecule has 0 spiro atoms. The van der Waals surface area contributed by atoms with Gasteiger partial charge in [-0.05, 0) is 37.6 Å². The second kappa shape index (κ2) is 9.14. The van der Waals surface area contributed by atoms with Crippen molar-refractivity contribution in [2.24, 2.45) is 4.99 Å². The Morgan fingerprint density at radius 2 is 1.94 bits per heavy atom. The van der Waals surface area contributed by atoms with E-state index in [0.717, 1.165) is 5.56 Å². The first-order valence-electron chi connectivity index (χ1n) is 10.0. The average molecular weight is 469 g/mol. The monoisotopic (exact) mass is 468 g/mol. The lowest BCUT2D eigenvalue weighted by Crippen LogP contribution is -2.40. The van der Waals surface area contributed by atoms with Gasteiger partial charge in [-0.2, -0.15) is 0 Å². The van der Waals surface area contributed by atoms with Crippen LogP contribution < -0.4 is 19.6 Å². The molecule has 6 nitrogen and oxygen atoms in total. The smallest absolute Gasteiger partial charge is 0.338 e. The number of ether oxygens (including phenoxy) is 2. The molecule has 1 atom stereocenters. The molecule has 1 aliphatic heterocycles. The van der Waals surface area contributed by atoms with Gasteiger partial charge in [0.05, 0.1) is 29.5 Å². The number of thiazole rings is 1. The standard InChI is InChI=1S/C24H21ClN2O4S/c1-4-31-23(29)20-14(2)26-24-27(21(20)16-10-6-7-11-17(16)25)22(28)19(32-24)13-15-9-5-8-12-18(15)30-3/h5-13,21H,4H2,1-3H3. The molecule has 0 N–H and O–H groups in total. The van der Waals surface area contributed by atoms with Crippen LogP contribution in [-0.4, -0.2) is 24.3 Å². The molecule has 164 valence electrons. The Morgan fingerprint density at radius 1 is 1.22 bits per heavy atom. The summed E-state index contributed by atoms with van der Waals surface area (Å²) in [5, 5.41) is 0.452. The Kier molecular flexibility index (Phi) is 6.30. The van der Waals surface area contributed by atoms with Crippen LogP contribution in [0.15, 0.2) is 69.6 Å². The molecule has 0 amide bonds. The molecule has 4 rings (SSSR count). The Bertz CT molecular complexity index is 1400. The Morgan fingerprint density at radius 3 is 2.66 bits per heavy atom. The lowest BCUT2D eigenvalue weighted by Gasteiger charge is -2.25. The van der Waals surface area contributed by atoms with Crippen molar-refractivity contribution in [3.8, 4) is 5.75 Å². The molecule has 0 bridgehead atoms. The highest BCUT2D eigenvalue weighted by molar-refractivity contribution is 7.07. The number of benzene rings is 2. The number of halogens is 1. The highest BCUT2D eigenvalue weighted by atomic mass is 35.5. The fraction of sp³-hybridized carbons (Fsp3) is 0.208. The van der Waals surface area contributed by atoms with Gasteiger partial charge in [-0.25, -0.2) is 9.79 Å². The molecule has 0 saturated heterocycles. The van der Waals surface area contributed by atoms with Crippen LogP contribution in [0.2, 0.25) is 5.02 Å². The molecule has 1 aromatic heterocycles. The van der Waals surface area contributed by atoms with Crippen LogP contribution in [0.1, 0.15) is 31.0 Å². The maximum absolute atomic E-state index is 13.6. The number of methoxy groups -OCH3 is 1. The van der Waals surface area contributed by atoms with Crippen molar-refractivity contribution >= 4 is 35.0 Å². The average Bonchev–Trinajstić information content (AvgIpc) is 3.08. The van der Waals surface area contributed by atoms with Crippen LogP contribution in [-0.2, 0) is 9.53 Å². The van der Waals surface area contributed by atoms with E-state index in [2.05, 4.69) is 4.99 Å². The summed E-state index contributed by atoms with van der Waals surface area (Å²) in [6, 6.07) is 13.9. The van der Waals surface area contributed by atoms with E-state index >= 15 is 0 Å². The Hall–Kier alpha value is -3.16. The van der Waals surface area contributed by atoms with E-state index in [9.17, 15) is 9.59 Å². The molecule has 2 heterocycles. The summed E-state index contributed by atoms with van der Waals surface area (Å²) in [5.41, 5.74) is 1.95. The van der Waals surface area contributed by atoms with Crippen molar-refractivity contribution in [3.05, 3.63) is 95.6 Å². The summed E-state index contributed by atoms with van der Waals surface area (Å²) >= 11 is 7.76. The van der Waals surface area contributed by atoms with Gasteiger partial charge in [0.2, 0.25) is 0 Å². The fourth-order valence-electron chi connectivity index (χ4n) is 3.71. The predicted molar refractivity (Wildman–Crippen MR) is 125 cm³/mol. The SMILES string of the molecule is CCOC(=O)C1=C(C)N=c2sc(=Cc3ccccc3OC)c(=O)n2C1c1ccccc1Cl. The number of fused-ring (bicyclic) bond motifs is 1. The van der Waals surface area contributed by atoms with Crippen molar-refractivity contribution in [3.63, 3.8) is 0 Å². The lowest BCUT2D eigenvalue weighted by molar-refractivity contribution is -0.139. The zero-order valence-corrected chi connectivity index (χ0v) is 19.4. The molecular formula is C24H21ClN2O4S. The van der Waals surface area contributed by atoms with Gasteiger partial charge < -0.3 is 9.47 Å². The zero-order valence-electron chi connectivity index (χ0n) is 17.8. The number of allylic oxidation sites excluding steroid dienone is 1. The number of hydrogen-bond donors (Lipinski definition) is 0. The number of hydrogen-bond acceptors (Lipinski definition) is 6. The number of aromatic nitrogens is 1. The van der Waals surface area contributed by atoms with E-state index in [1.165, 1.54) is 15.9 Å². The summed E-state index contributed by atoms with van der Waals surface area (Å²) in [6.45, 7) is 3.69. The van der Waals surface area contributed by atoms with E-state index in [4.69, 9.17) is 21.1 Å². The fourth-order valence-corrected chi connectivity index (χ4v) is 4.99. The number of carbonyl (C=O) groups is 1. The highest BCUT2D eigenvalue weighted by Crippen LogP contribution is 2.34. The molecule has 0 saturated carbocycles. The summed E-state index contributed by atoms with van der Waals surface area (Å²) in [4.78, 5) is 31.5. The number of rotatable bonds is 5. The topological polar surface area (TPSA) is 69.9 Å². The minimum absolute atomic E-state index is 0.211. The van der Waals surface area contributed by atoms with Crippen LogP contribution in [0, 0.1) is 0 Å². The number of nitrogens with zero attached hydrogens (tertiary/aromatic N) is 2. The molecule has 1 aliphatic rings. The molecule has 3 aromatic rings. The maximum Gasteiger partial charge on any atom is 0.338 e. The summed E-state index contributed by atoms with van der Waals surface area (Å²) in [6.07, 6.45) is 1.77. The third kappa shape index (κ3) is 3.89. The van der Waals surface area contributed by atoms with E-state index < -0.39 is 12.0 Å². The van der Waals surface area contributed by atoms with Gasteiger partial charge >= 0.3 is 5.97 Å². The van der Waals surface area contributed by atoms with Gasteiger partial charge in [-0.1, -0.05) is 59.3 Å². The highest BCUT2D eigenvalue weighted by Gasteiger charge is 2.34. The van der Waals surface area contributed by atoms with Crippen molar-refractivity contribution in [1.82, 2.24) is 4.57 Å². The normalized spacial score (nSPS) is 15.9. The number of para-hydroxylation sites is 1. The van der Waals surface area contributed by atoms with Crippen LogP contribution in [0.5, 0.6) is 5.75 Å². The Labute approximate surface area is 193 Å². The molecule has 2 aromatic carbocycles. The third-order valence-corrected chi connectivity index (χ3v) is 6.47. The largest absolute Gasteiger partial charge is 0.496 e. The van der Waals surface area contributed by atoms with Crippen LogP contribution in [0.3, 0.4) is 0 Å². The summed E-state index contributed by atoms with van der Waals surface area (Å²) in [7, 11) is 1.58. The molecule has 0 radical (unpaired) electrons. The number of esters is 1. The van der Waals surface area contributed by atoms with Gasteiger partial charge in [0.1, 0.15) is 11.8 Å². The first kappa shape index (κ1) is 22.0. The van der Waals surface area contributed by atoms with Crippen molar-refractivity contribution in [2.75, 3.05) is 13.7 Å². The second-order valence-electron chi connectivity index (χ2n) is 7.07. The quantitative estimate of drug-likeness (QED) is 0.538. The second-order valence-corrected chi connectivity index (χ2v) is 8.48. The van der Waals surface area contributed by atoms with E-state index in [-0.39, 0.29) is 12.2 Å². The lowest BCUT2D eigenvalue weighted by atomic mass is 9.96. The van der Waals surface area contributed by atoms with Gasteiger partial charge in [0.25, 0.3) is 5.56 Å². The molecule has 1 unspecified atom stereocenters. The molecule has 32 heavy (non-hydrogen) atoms. The minimum atomic E-state index is -0.737. The minimum Gasteiger partial charge on any atom is -0.496 e. The van der Waals surface area contributed by atoms with Crippen molar-refractivity contribution in [1.29, 1.82) is 0 Å². The van der Waals surface area contributed by atoms with Gasteiger partial charge in [0.15, 0.2) is 4.80 Å². The van der Waals surface area contributed by atoms with Crippen LogP contribution >= 0.6 is 22.9 Å². The summed E-state index contributed by atoms with van der Waals surface area (Å²) < 4.78 is 12.7. The van der Waals surface area contributed by atoms with Gasteiger partial charge in [0, 0.05) is 10.6 Å². The molecule has 8 heteroatoms. The van der Waals surface area contributed by atoms with E-state index in [1.54, 1.807) is 39.2 Å². The molecule has 0 aliphatic carbocycles. The maximum atomic E-state index is 13.6. The summed E-state index contributed by atoms with van der Waals surface area (Å²) in [5.74, 6) is 0.141. The zero-order chi connectivity index (χ0) is 22.8. The first-order valence-corrected chi connectivity index (χ1v) is 11.2. The van der Waals surface area contributed by atoms with Crippen LogP contribution in [0.4, 0.5) is 0 Å².